The number of aryl methyl sites for hydroxylation is 1. The van der Waals surface area contributed by atoms with Crippen molar-refractivity contribution in [2.45, 2.75) is 32.2 Å². The molecular weight excluding hydrogens is 312 g/mol. The quantitative estimate of drug-likeness (QED) is 0.745. The zero-order valence-electron chi connectivity index (χ0n) is 14.1. The number of benzene rings is 2. The van der Waals surface area contributed by atoms with Gasteiger partial charge in [0.1, 0.15) is 5.82 Å². The molecule has 1 aliphatic carbocycles. The summed E-state index contributed by atoms with van der Waals surface area (Å²) in [6.45, 7) is 2.13. The molecule has 1 amide bonds. The Morgan fingerprint density at radius 3 is 2.56 bits per heavy atom. The Hall–Kier alpha value is -2.95. The molecule has 0 unspecified atom stereocenters. The van der Waals surface area contributed by atoms with Crippen LogP contribution in [0.4, 0.5) is 11.5 Å². The van der Waals surface area contributed by atoms with Gasteiger partial charge in [-0.2, -0.15) is 0 Å². The first-order chi connectivity index (χ1) is 12.2. The number of para-hydroxylation sites is 1. The lowest BCUT2D eigenvalue weighted by Gasteiger charge is -2.11. The number of nitrogens with zero attached hydrogens (tertiary/aromatic N) is 2. The van der Waals surface area contributed by atoms with E-state index in [1.165, 1.54) is 5.56 Å². The van der Waals surface area contributed by atoms with E-state index in [1.54, 1.807) is 0 Å². The SMILES string of the molecule is CCc1ccc(Nc2nc(C(=O)NC3CC3)nc3ccccc23)cc1. The van der Waals surface area contributed by atoms with Crippen LogP contribution in [0.25, 0.3) is 10.9 Å². The highest BCUT2D eigenvalue weighted by Crippen LogP contribution is 2.25. The fraction of sp³-hybridized carbons (Fsp3) is 0.250. The van der Waals surface area contributed by atoms with Gasteiger partial charge in [0, 0.05) is 17.1 Å². The predicted molar refractivity (Wildman–Crippen MR) is 99.1 cm³/mol. The van der Waals surface area contributed by atoms with Gasteiger partial charge in [-0.25, -0.2) is 9.97 Å². The standard InChI is InChI=1S/C20H20N4O/c1-2-13-7-9-14(10-8-13)21-18-16-5-3-4-6-17(16)23-19(24-18)20(25)22-15-11-12-15/h3-10,15H,2,11-12H2,1H3,(H,22,25)(H,21,23,24). The van der Waals surface area contributed by atoms with Crippen molar-refractivity contribution in [2.75, 3.05) is 5.32 Å². The van der Waals surface area contributed by atoms with Crippen LogP contribution in [0.2, 0.25) is 0 Å². The highest BCUT2D eigenvalue weighted by molar-refractivity contribution is 5.97. The second kappa shape index (κ2) is 6.51. The van der Waals surface area contributed by atoms with Gasteiger partial charge in [0.25, 0.3) is 5.91 Å². The maximum Gasteiger partial charge on any atom is 0.289 e. The van der Waals surface area contributed by atoms with Crippen LogP contribution in [0.1, 0.15) is 35.9 Å². The lowest BCUT2D eigenvalue weighted by molar-refractivity contribution is 0.0941. The van der Waals surface area contributed by atoms with E-state index in [0.717, 1.165) is 35.9 Å². The molecule has 1 aromatic heterocycles. The van der Waals surface area contributed by atoms with Crippen molar-refractivity contribution in [3.63, 3.8) is 0 Å². The Kier molecular flexibility index (Phi) is 4.06. The van der Waals surface area contributed by atoms with Crippen molar-refractivity contribution < 1.29 is 4.79 Å². The Morgan fingerprint density at radius 2 is 1.84 bits per heavy atom. The molecule has 0 spiro atoms. The van der Waals surface area contributed by atoms with Crippen LogP contribution in [-0.4, -0.2) is 21.9 Å². The number of anilines is 2. The Morgan fingerprint density at radius 1 is 1.08 bits per heavy atom. The fourth-order valence-electron chi connectivity index (χ4n) is 2.71. The minimum absolute atomic E-state index is 0.207. The molecule has 2 aromatic carbocycles. The first-order valence-electron chi connectivity index (χ1n) is 8.66. The van der Waals surface area contributed by atoms with E-state index in [4.69, 9.17) is 0 Å². The number of fused-ring (bicyclic) bond motifs is 1. The van der Waals surface area contributed by atoms with Crippen LogP contribution in [0.3, 0.4) is 0 Å². The molecule has 5 nitrogen and oxygen atoms in total. The second-order valence-electron chi connectivity index (χ2n) is 6.34. The summed E-state index contributed by atoms with van der Waals surface area (Å²) < 4.78 is 0. The average molecular weight is 332 g/mol. The van der Waals surface area contributed by atoms with E-state index < -0.39 is 0 Å². The lowest BCUT2D eigenvalue weighted by atomic mass is 10.1. The van der Waals surface area contributed by atoms with Gasteiger partial charge >= 0.3 is 0 Å². The molecule has 1 heterocycles. The van der Waals surface area contributed by atoms with Crippen LogP contribution >= 0.6 is 0 Å². The molecule has 3 aromatic rings. The van der Waals surface area contributed by atoms with E-state index >= 15 is 0 Å². The van der Waals surface area contributed by atoms with E-state index in [2.05, 4.69) is 39.7 Å². The third kappa shape index (κ3) is 3.45. The van der Waals surface area contributed by atoms with Crippen molar-refractivity contribution in [2.24, 2.45) is 0 Å². The van der Waals surface area contributed by atoms with Crippen molar-refractivity contribution in [3.8, 4) is 0 Å². The summed E-state index contributed by atoms with van der Waals surface area (Å²) in [4.78, 5) is 21.3. The van der Waals surface area contributed by atoms with Crippen LogP contribution in [-0.2, 0) is 6.42 Å². The van der Waals surface area contributed by atoms with Crippen LogP contribution in [0, 0.1) is 0 Å². The minimum atomic E-state index is -0.211. The number of hydrogen-bond donors (Lipinski definition) is 2. The molecular formula is C20H20N4O. The molecule has 1 aliphatic rings. The number of aromatic nitrogens is 2. The summed E-state index contributed by atoms with van der Waals surface area (Å²) in [6.07, 6.45) is 3.07. The van der Waals surface area contributed by atoms with E-state index in [0.29, 0.717) is 5.82 Å². The van der Waals surface area contributed by atoms with Gasteiger partial charge in [-0.15, -0.1) is 0 Å². The summed E-state index contributed by atoms with van der Waals surface area (Å²) in [7, 11) is 0. The predicted octanol–water partition coefficient (Wildman–Crippen LogP) is 3.83. The Bertz CT molecular complexity index is 917. The van der Waals surface area contributed by atoms with Gasteiger partial charge in [-0.05, 0) is 49.1 Å². The first-order valence-corrected chi connectivity index (χ1v) is 8.66. The van der Waals surface area contributed by atoms with Gasteiger partial charge in [-0.3, -0.25) is 4.79 Å². The molecule has 5 heteroatoms. The molecule has 2 N–H and O–H groups in total. The number of hydrogen-bond acceptors (Lipinski definition) is 4. The molecule has 0 aliphatic heterocycles. The Labute approximate surface area is 146 Å². The van der Waals surface area contributed by atoms with Crippen LogP contribution in [0.15, 0.2) is 48.5 Å². The number of amides is 1. The van der Waals surface area contributed by atoms with Gasteiger partial charge in [0.05, 0.1) is 5.52 Å². The van der Waals surface area contributed by atoms with Gasteiger partial charge in [-0.1, -0.05) is 31.2 Å². The molecule has 1 fully saturated rings. The normalized spacial score (nSPS) is 13.6. The molecule has 0 atom stereocenters. The third-order valence-electron chi connectivity index (χ3n) is 4.34. The summed E-state index contributed by atoms with van der Waals surface area (Å²) in [5, 5.41) is 7.17. The van der Waals surface area contributed by atoms with E-state index in [1.807, 2.05) is 36.4 Å². The lowest BCUT2D eigenvalue weighted by Crippen LogP contribution is -2.27. The molecule has 4 rings (SSSR count). The van der Waals surface area contributed by atoms with Gasteiger partial charge < -0.3 is 10.6 Å². The maximum atomic E-state index is 12.4. The smallest absolute Gasteiger partial charge is 0.289 e. The second-order valence-corrected chi connectivity index (χ2v) is 6.34. The van der Waals surface area contributed by atoms with Gasteiger partial charge in [0.15, 0.2) is 0 Å². The van der Waals surface area contributed by atoms with Crippen molar-refractivity contribution >= 4 is 28.3 Å². The third-order valence-corrected chi connectivity index (χ3v) is 4.34. The fourth-order valence-corrected chi connectivity index (χ4v) is 2.71. The molecule has 0 saturated heterocycles. The highest BCUT2D eigenvalue weighted by Gasteiger charge is 2.25. The molecule has 0 bridgehead atoms. The summed E-state index contributed by atoms with van der Waals surface area (Å²) >= 11 is 0. The number of carbonyl (C=O) groups excluding carboxylic acids is 1. The average Bonchev–Trinajstić information content (AvgIpc) is 3.46. The van der Waals surface area contributed by atoms with Crippen molar-refractivity contribution in [3.05, 3.63) is 59.9 Å². The topological polar surface area (TPSA) is 66.9 Å². The van der Waals surface area contributed by atoms with E-state index in [-0.39, 0.29) is 17.8 Å². The molecule has 1 saturated carbocycles. The summed E-state index contributed by atoms with van der Waals surface area (Å²) in [5.74, 6) is 0.645. The van der Waals surface area contributed by atoms with E-state index in [9.17, 15) is 4.79 Å². The largest absolute Gasteiger partial charge is 0.347 e. The van der Waals surface area contributed by atoms with Crippen molar-refractivity contribution in [1.82, 2.24) is 15.3 Å². The van der Waals surface area contributed by atoms with Crippen LogP contribution in [0.5, 0.6) is 0 Å². The zero-order valence-corrected chi connectivity index (χ0v) is 14.1. The monoisotopic (exact) mass is 332 g/mol. The first kappa shape index (κ1) is 15.6. The van der Waals surface area contributed by atoms with Crippen LogP contribution < -0.4 is 10.6 Å². The summed E-state index contributed by atoms with van der Waals surface area (Å²) in [5.41, 5.74) is 2.98. The summed E-state index contributed by atoms with van der Waals surface area (Å²) in [6, 6.07) is 16.2. The zero-order chi connectivity index (χ0) is 17.2. The number of nitrogens with one attached hydrogen (secondary N) is 2. The molecule has 25 heavy (non-hydrogen) atoms. The number of carbonyl (C=O) groups is 1. The Balaban J connectivity index is 1.70. The minimum Gasteiger partial charge on any atom is -0.347 e. The molecule has 126 valence electrons. The van der Waals surface area contributed by atoms with Crippen molar-refractivity contribution in [1.29, 1.82) is 0 Å². The molecule has 0 radical (unpaired) electrons. The highest BCUT2D eigenvalue weighted by atomic mass is 16.2. The maximum absolute atomic E-state index is 12.4. The number of rotatable bonds is 5. The van der Waals surface area contributed by atoms with Gasteiger partial charge in [0.2, 0.25) is 5.82 Å².